The Morgan fingerprint density at radius 2 is 2.08 bits per heavy atom. The Kier molecular flexibility index (Phi) is 4.34. The molecule has 0 saturated heterocycles. The van der Waals surface area contributed by atoms with Crippen LogP contribution in [0.3, 0.4) is 0 Å². The second-order valence-corrected chi connectivity index (χ2v) is 5.07. The summed E-state index contributed by atoms with van der Waals surface area (Å²) >= 11 is 0. The molecule has 0 aliphatic heterocycles. The van der Waals surface area contributed by atoms with Gasteiger partial charge in [-0.2, -0.15) is 20.1 Å². The first-order chi connectivity index (χ1) is 11.7. The molecule has 24 heavy (non-hydrogen) atoms. The predicted octanol–water partition coefficient (Wildman–Crippen LogP) is 1.87. The van der Waals surface area contributed by atoms with Crippen LogP contribution in [-0.4, -0.2) is 37.5 Å². The third-order valence-electron chi connectivity index (χ3n) is 3.23. The second kappa shape index (κ2) is 6.75. The quantitative estimate of drug-likeness (QED) is 0.669. The van der Waals surface area contributed by atoms with Gasteiger partial charge in [-0.15, -0.1) is 10.2 Å². The Bertz CT molecular complexity index is 899. The zero-order valence-electron chi connectivity index (χ0n) is 13.3. The maximum atomic E-state index is 8.50. The Morgan fingerprint density at radius 3 is 2.75 bits per heavy atom. The molecule has 0 saturated carbocycles. The van der Waals surface area contributed by atoms with E-state index < -0.39 is 0 Å². The van der Waals surface area contributed by atoms with E-state index in [0.717, 1.165) is 17.0 Å². The van der Waals surface area contributed by atoms with E-state index in [4.69, 9.17) is 10.00 Å². The van der Waals surface area contributed by atoms with Crippen molar-refractivity contribution in [2.24, 2.45) is 5.10 Å². The molecule has 8 nitrogen and oxygen atoms in total. The molecule has 0 unspecified atom stereocenters. The van der Waals surface area contributed by atoms with Gasteiger partial charge in [0.15, 0.2) is 6.61 Å². The van der Waals surface area contributed by atoms with Crippen LogP contribution in [0.25, 0.3) is 5.95 Å². The maximum Gasteiger partial charge on any atom is 0.273 e. The predicted molar refractivity (Wildman–Crippen MR) is 87.2 cm³/mol. The number of rotatable bonds is 5. The summed E-state index contributed by atoms with van der Waals surface area (Å²) in [5.41, 5.74) is 2.74. The SMILES string of the molecule is Cc1cc(C)n(-c2nncn2/N=C\c2ccc(OCC#N)cc2)n1. The normalized spacial score (nSPS) is 10.9. The van der Waals surface area contributed by atoms with E-state index in [9.17, 15) is 0 Å². The molecule has 2 heterocycles. The van der Waals surface area contributed by atoms with Crippen molar-refractivity contribution in [2.45, 2.75) is 13.8 Å². The number of ether oxygens (including phenoxy) is 1. The van der Waals surface area contributed by atoms with E-state index >= 15 is 0 Å². The van der Waals surface area contributed by atoms with E-state index in [1.54, 1.807) is 27.7 Å². The number of nitriles is 1. The van der Waals surface area contributed by atoms with Crippen LogP contribution in [0.15, 0.2) is 41.8 Å². The maximum absolute atomic E-state index is 8.50. The molecule has 1 aromatic carbocycles. The van der Waals surface area contributed by atoms with Crippen molar-refractivity contribution in [1.29, 1.82) is 5.26 Å². The first-order valence-electron chi connectivity index (χ1n) is 7.25. The molecule has 0 atom stereocenters. The summed E-state index contributed by atoms with van der Waals surface area (Å²) in [5.74, 6) is 1.16. The standard InChI is InChI=1S/C16H15N7O/c1-12-9-13(2)23(21-12)16-20-18-11-22(16)19-10-14-3-5-15(6-4-14)24-8-7-17/h3-6,9-11H,8H2,1-2H3/b19-10-. The van der Waals surface area contributed by atoms with Crippen molar-refractivity contribution in [2.75, 3.05) is 6.61 Å². The van der Waals surface area contributed by atoms with Crippen molar-refractivity contribution >= 4 is 6.21 Å². The first-order valence-corrected chi connectivity index (χ1v) is 7.25. The molecule has 3 aromatic rings. The molecule has 0 fully saturated rings. The monoisotopic (exact) mass is 321 g/mol. The third-order valence-corrected chi connectivity index (χ3v) is 3.23. The van der Waals surface area contributed by atoms with Crippen LogP contribution in [0, 0.1) is 25.2 Å². The average Bonchev–Trinajstić information content (AvgIpc) is 3.17. The third kappa shape index (κ3) is 3.30. The van der Waals surface area contributed by atoms with Gasteiger partial charge in [-0.05, 0) is 49.7 Å². The highest BCUT2D eigenvalue weighted by atomic mass is 16.5. The lowest BCUT2D eigenvalue weighted by Gasteiger charge is -2.03. The van der Waals surface area contributed by atoms with Gasteiger partial charge < -0.3 is 4.74 Å². The van der Waals surface area contributed by atoms with Gasteiger partial charge in [-0.1, -0.05) is 0 Å². The minimum Gasteiger partial charge on any atom is -0.479 e. The van der Waals surface area contributed by atoms with Crippen LogP contribution in [0.2, 0.25) is 0 Å². The number of nitrogens with zero attached hydrogens (tertiary/aromatic N) is 7. The summed E-state index contributed by atoms with van der Waals surface area (Å²) in [6, 6.07) is 11.2. The topological polar surface area (TPSA) is 93.9 Å². The van der Waals surface area contributed by atoms with Crippen LogP contribution < -0.4 is 4.74 Å². The number of aromatic nitrogens is 5. The summed E-state index contributed by atoms with van der Waals surface area (Å²) < 4.78 is 8.46. The van der Waals surface area contributed by atoms with Gasteiger partial charge >= 0.3 is 0 Å². The highest BCUT2D eigenvalue weighted by Gasteiger charge is 2.10. The molecule has 0 bridgehead atoms. The van der Waals surface area contributed by atoms with Crippen molar-refractivity contribution in [3.8, 4) is 17.8 Å². The van der Waals surface area contributed by atoms with E-state index in [1.165, 1.54) is 6.33 Å². The zero-order valence-corrected chi connectivity index (χ0v) is 13.3. The van der Waals surface area contributed by atoms with Gasteiger partial charge in [0.2, 0.25) is 0 Å². The molecule has 8 heteroatoms. The van der Waals surface area contributed by atoms with Gasteiger partial charge in [0, 0.05) is 5.69 Å². The van der Waals surface area contributed by atoms with Gasteiger partial charge in [0.05, 0.1) is 11.9 Å². The van der Waals surface area contributed by atoms with E-state index in [-0.39, 0.29) is 6.61 Å². The summed E-state index contributed by atoms with van der Waals surface area (Å²) in [6.07, 6.45) is 3.21. The highest BCUT2D eigenvalue weighted by Crippen LogP contribution is 2.12. The molecule has 0 spiro atoms. The van der Waals surface area contributed by atoms with E-state index in [2.05, 4.69) is 20.4 Å². The Morgan fingerprint density at radius 1 is 1.29 bits per heavy atom. The lowest BCUT2D eigenvalue weighted by Crippen LogP contribution is -2.06. The van der Waals surface area contributed by atoms with Crippen LogP contribution in [0.1, 0.15) is 17.0 Å². The van der Waals surface area contributed by atoms with Crippen molar-refractivity contribution < 1.29 is 4.74 Å². The van der Waals surface area contributed by atoms with Crippen molar-refractivity contribution in [3.63, 3.8) is 0 Å². The number of benzene rings is 1. The van der Waals surface area contributed by atoms with Crippen LogP contribution in [0.4, 0.5) is 0 Å². The second-order valence-electron chi connectivity index (χ2n) is 5.07. The summed E-state index contributed by atoms with van der Waals surface area (Å²) in [5, 5.41) is 25.2. The number of hydrogen-bond donors (Lipinski definition) is 0. The van der Waals surface area contributed by atoms with Gasteiger partial charge in [-0.3, -0.25) is 0 Å². The molecule has 120 valence electrons. The highest BCUT2D eigenvalue weighted by molar-refractivity contribution is 5.79. The molecule has 0 N–H and O–H groups in total. The van der Waals surface area contributed by atoms with Gasteiger partial charge in [0.25, 0.3) is 5.95 Å². The summed E-state index contributed by atoms with van der Waals surface area (Å²) in [4.78, 5) is 0. The first kappa shape index (κ1) is 15.4. The van der Waals surface area contributed by atoms with E-state index in [0.29, 0.717) is 11.7 Å². The number of aryl methyl sites for hydroxylation is 2. The molecular weight excluding hydrogens is 306 g/mol. The van der Waals surface area contributed by atoms with Crippen LogP contribution in [0.5, 0.6) is 5.75 Å². The number of hydrogen-bond acceptors (Lipinski definition) is 6. The Hall–Kier alpha value is -3.47. The lowest BCUT2D eigenvalue weighted by molar-refractivity contribution is 0.368. The molecule has 3 rings (SSSR count). The fourth-order valence-electron chi connectivity index (χ4n) is 2.17. The molecule has 2 aromatic heterocycles. The molecule has 0 aliphatic rings. The molecular formula is C16H15N7O. The minimum absolute atomic E-state index is 0.0279. The van der Waals surface area contributed by atoms with Crippen LogP contribution >= 0.6 is 0 Å². The largest absolute Gasteiger partial charge is 0.479 e. The van der Waals surface area contributed by atoms with Crippen molar-refractivity contribution in [1.82, 2.24) is 24.7 Å². The fourth-order valence-corrected chi connectivity index (χ4v) is 2.17. The fraction of sp³-hybridized carbons (Fsp3) is 0.188. The lowest BCUT2D eigenvalue weighted by atomic mass is 10.2. The van der Waals surface area contributed by atoms with Crippen molar-refractivity contribution in [3.05, 3.63) is 53.6 Å². The molecule has 0 amide bonds. The average molecular weight is 321 g/mol. The zero-order chi connectivity index (χ0) is 16.9. The Balaban J connectivity index is 1.80. The van der Waals surface area contributed by atoms with Gasteiger partial charge in [-0.25, -0.2) is 4.68 Å². The summed E-state index contributed by atoms with van der Waals surface area (Å²) in [6.45, 7) is 3.90. The van der Waals surface area contributed by atoms with E-state index in [1.807, 2.05) is 38.1 Å². The smallest absolute Gasteiger partial charge is 0.273 e. The molecule has 0 radical (unpaired) electrons. The Labute approximate surface area is 138 Å². The molecule has 0 aliphatic carbocycles. The van der Waals surface area contributed by atoms with Gasteiger partial charge in [0.1, 0.15) is 18.1 Å². The minimum atomic E-state index is 0.0279. The van der Waals surface area contributed by atoms with Crippen LogP contribution in [-0.2, 0) is 0 Å². The summed E-state index contributed by atoms with van der Waals surface area (Å²) in [7, 11) is 0.